The van der Waals surface area contributed by atoms with Gasteiger partial charge in [-0.3, -0.25) is 10.00 Å². The quantitative estimate of drug-likeness (QED) is 0.698. The summed E-state index contributed by atoms with van der Waals surface area (Å²) in [6.45, 7) is 2.49. The van der Waals surface area contributed by atoms with Crippen LogP contribution in [0.5, 0.6) is 0 Å². The molecule has 2 N–H and O–H groups in total. The second kappa shape index (κ2) is 7.23. The van der Waals surface area contributed by atoms with Crippen LogP contribution in [0.2, 0.25) is 0 Å². The number of benzene rings is 2. The number of hydrogen-bond acceptors (Lipinski definition) is 3. The van der Waals surface area contributed by atoms with Crippen LogP contribution in [0.1, 0.15) is 24.0 Å². The molecule has 2 aromatic carbocycles. The molecule has 1 atom stereocenters. The van der Waals surface area contributed by atoms with Gasteiger partial charge in [-0.05, 0) is 55.3 Å². The highest BCUT2D eigenvalue weighted by molar-refractivity contribution is 5.81. The van der Waals surface area contributed by atoms with Gasteiger partial charge in [-0.25, -0.2) is 0 Å². The topological polar surface area (TPSA) is 44.0 Å². The Hall–Kier alpha value is -2.54. The molecule has 1 fully saturated rings. The van der Waals surface area contributed by atoms with E-state index in [1.165, 1.54) is 0 Å². The average molecular weight is 374 g/mol. The van der Waals surface area contributed by atoms with Crippen molar-refractivity contribution in [3.63, 3.8) is 0 Å². The van der Waals surface area contributed by atoms with Gasteiger partial charge in [0, 0.05) is 30.2 Å². The van der Waals surface area contributed by atoms with Gasteiger partial charge in [0.05, 0.1) is 17.3 Å². The van der Waals surface area contributed by atoms with E-state index in [1.807, 2.05) is 12.1 Å². The summed E-state index contributed by atoms with van der Waals surface area (Å²) in [6, 6.07) is 11.9. The first kappa shape index (κ1) is 17.9. The van der Waals surface area contributed by atoms with Gasteiger partial charge in [-0.15, -0.1) is 0 Å². The van der Waals surface area contributed by atoms with E-state index in [-0.39, 0.29) is 0 Å². The summed E-state index contributed by atoms with van der Waals surface area (Å²) < 4.78 is 38.1. The number of nitrogens with zero attached hydrogens (tertiary/aromatic N) is 2. The predicted molar refractivity (Wildman–Crippen MR) is 99.5 cm³/mol. The summed E-state index contributed by atoms with van der Waals surface area (Å²) in [5.41, 5.74) is 2.38. The number of piperidine rings is 1. The maximum Gasteiger partial charge on any atom is 0.416 e. The number of alkyl halides is 3. The van der Waals surface area contributed by atoms with Gasteiger partial charge in [0.25, 0.3) is 0 Å². The zero-order chi connectivity index (χ0) is 18.9. The Morgan fingerprint density at radius 1 is 1.15 bits per heavy atom. The van der Waals surface area contributed by atoms with Crippen LogP contribution in [0.3, 0.4) is 0 Å². The van der Waals surface area contributed by atoms with E-state index >= 15 is 0 Å². The van der Waals surface area contributed by atoms with E-state index in [0.29, 0.717) is 12.6 Å². The minimum Gasteiger partial charge on any atom is -0.381 e. The molecule has 0 amide bonds. The molecule has 142 valence electrons. The number of halogens is 3. The first-order chi connectivity index (χ1) is 13.0. The lowest BCUT2D eigenvalue weighted by atomic mass is 10.0. The molecule has 2 heterocycles. The third-order valence-corrected chi connectivity index (χ3v) is 5.00. The zero-order valence-corrected chi connectivity index (χ0v) is 14.8. The molecule has 1 aliphatic heterocycles. The van der Waals surface area contributed by atoms with E-state index in [0.717, 1.165) is 60.2 Å². The smallest absolute Gasteiger partial charge is 0.381 e. The van der Waals surface area contributed by atoms with Gasteiger partial charge < -0.3 is 5.32 Å². The highest BCUT2D eigenvalue weighted by Gasteiger charge is 2.30. The van der Waals surface area contributed by atoms with Crippen LogP contribution in [0.25, 0.3) is 10.9 Å². The third-order valence-electron chi connectivity index (χ3n) is 5.00. The van der Waals surface area contributed by atoms with Crippen molar-refractivity contribution in [1.29, 1.82) is 0 Å². The van der Waals surface area contributed by atoms with Crippen molar-refractivity contribution in [3.8, 4) is 0 Å². The molecule has 7 heteroatoms. The van der Waals surface area contributed by atoms with Crippen molar-refractivity contribution >= 4 is 16.6 Å². The van der Waals surface area contributed by atoms with Crippen LogP contribution in [-0.4, -0.2) is 34.2 Å². The first-order valence-corrected chi connectivity index (χ1v) is 9.05. The standard InChI is InChI=1S/C20H21F3N4/c21-20(22,23)16-5-3-14(4-6-16)12-27-9-1-2-18(13-27)25-17-7-8-19-15(10-17)11-24-26-19/h3-8,10-11,18,25H,1-2,9,12-13H2,(H,24,26). The van der Waals surface area contributed by atoms with Crippen molar-refractivity contribution < 1.29 is 13.2 Å². The van der Waals surface area contributed by atoms with Crippen molar-refractivity contribution in [2.24, 2.45) is 0 Å². The second-order valence-corrected chi connectivity index (χ2v) is 7.09. The molecular formula is C20H21F3N4. The molecule has 0 spiro atoms. The number of aromatic amines is 1. The molecule has 0 saturated carbocycles. The SMILES string of the molecule is FC(F)(F)c1ccc(CN2CCCC(Nc3ccc4[nH]ncc4c3)C2)cc1. The Labute approximate surface area is 155 Å². The number of likely N-dealkylation sites (tertiary alicyclic amines) is 1. The zero-order valence-electron chi connectivity index (χ0n) is 14.8. The van der Waals surface area contributed by atoms with Crippen LogP contribution in [0.4, 0.5) is 18.9 Å². The van der Waals surface area contributed by atoms with E-state index < -0.39 is 11.7 Å². The minimum atomic E-state index is -4.28. The Kier molecular flexibility index (Phi) is 4.78. The van der Waals surface area contributed by atoms with E-state index in [1.54, 1.807) is 18.3 Å². The average Bonchev–Trinajstić information content (AvgIpc) is 3.09. The molecular weight excluding hydrogens is 353 g/mol. The van der Waals surface area contributed by atoms with Crippen molar-refractivity contribution in [2.75, 3.05) is 18.4 Å². The Bertz CT molecular complexity index is 901. The summed E-state index contributed by atoms with van der Waals surface area (Å²) in [5.74, 6) is 0. The fraction of sp³-hybridized carbons (Fsp3) is 0.350. The number of rotatable bonds is 4. The van der Waals surface area contributed by atoms with Crippen molar-refractivity contribution in [1.82, 2.24) is 15.1 Å². The lowest BCUT2D eigenvalue weighted by molar-refractivity contribution is -0.137. The third kappa shape index (κ3) is 4.24. The van der Waals surface area contributed by atoms with Gasteiger partial charge in [0.2, 0.25) is 0 Å². The molecule has 4 rings (SSSR count). The number of anilines is 1. The summed E-state index contributed by atoms with van der Waals surface area (Å²) in [4.78, 5) is 2.29. The van der Waals surface area contributed by atoms with Gasteiger partial charge in [-0.2, -0.15) is 18.3 Å². The molecule has 3 aromatic rings. The number of H-pyrrole nitrogens is 1. The monoisotopic (exact) mass is 374 g/mol. The molecule has 27 heavy (non-hydrogen) atoms. The lowest BCUT2D eigenvalue weighted by Gasteiger charge is -2.33. The second-order valence-electron chi connectivity index (χ2n) is 7.09. The molecule has 1 aromatic heterocycles. The fourth-order valence-electron chi connectivity index (χ4n) is 3.64. The maximum atomic E-state index is 12.7. The van der Waals surface area contributed by atoms with Crippen LogP contribution >= 0.6 is 0 Å². The molecule has 1 saturated heterocycles. The normalized spacial score (nSPS) is 18.7. The van der Waals surface area contributed by atoms with E-state index in [2.05, 4.69) is 26.5 Å². The summed E-state index contributed by atoms with van der Waals surface area (Å²) in [7, 11) is 0. The summed E-state index contributed by atoms with van der Waals surface area (Å²) >= 11 is 0. The molecule has 1 aliphatic rings. The van der Waals surface area contributed by atoms with Crippen LogP contribution < -0.4 is 5.32 Å². The largest absolute Gasteiger partial charge is 0.416 e. The number of nitrogens with one attached hydrogen (secondary N) is 2. The highest BCUT2D eigenvalue weighted by Crippen LogP contribution is 2.29. The summed E-state index contributed by atoms with van der Waals surface area (Å²) in [6.07, 6.45) is -0.341. The van der Waals surface area contributed by atoms with Crippen molar-refractivity contribution in [2.45, 2.75) is 31.6 Å². The first-order valence-electron chi connectivity index (χ1n) is 9.05. The van der Waals surface area contributed by atoms with Crippen LogP contribution in [0.15, 0.2) is 48.7 Å². The van der Waals surface area contributed by atoms with Gasteiger partial charge in [-0.1, -0.05) is 12.1 Å². The van der Waals surface area contributed by atoms with Crippen LogP contribution in [0, 0.1) is 0 Å². The van der Waals surface area contributed by atoms with Crippen molar-refractivity contribution in [3.05, 3.63) is 59.8 Å². The molecule has 0 bridgehead atoms. The van der Waals surface area contributed by atoms with Crippen LogP contribution in [-0.2, 0) is 12.7 Å². The highest BCUT2D eigenvalue weighted by atomic mass is 19.4. The number of aromatic nitrogens is 2. The van der Waals surface area contributed by atoms with E-state index in [9.17, 15) is 13.2 Å². The molecule has 0 aliphatic carbocycles. The summed E-state index contributed by atoms with van der Waals surface area (Å²) in [5, 5.41) is 11.6. The Morgan fingerprint density at radius 2 is 1.96 bits per heavy atom. The van der Waals surface area contributed by atoms with Gasteiger partial charge in [0.15, 0.2) is 0 Å². The van der Waals surface area contributed by atoms with Gasteiger partial charge >= 0.3 is 6.18 Å². The van der Waals surface area contributed by atoms with Gasteiger partial charge in [0.1, 0.15) is 0 Å². The Balaban J connectivity index is 1.37. The van der Waals surface area contributed by atoms with E-state index in [4.69, 9.17) is 0 Å². The minimum absolute atomic E-state index is 0.317. The molecule has 0 radical (unpaired) electrons. The number of hydrogen-bond donors (Lipinski definition) is 2. The Morgan fingerprint density at radius 3 is 2.74 bits per heavy atom. The lowest BCUT2D eigenvalue weighted by Crippen LogP contribution is -2.41. The maximum absolute atomic E-state index is 12.7. The predicted octanol–water partition coefficient (Wildman–Crippen LogP) is 4.66. The molecule has 4 nitrogen and oxygen atoms in total. The molecule has 1 unspecified atom stereocenters. The fourth-order valence-corrected chi connectivity index (χ4v) is 3.64. The number of fused-ring (bicyclic) bond motifs is 1.